The fourth-order valence-electron chi connectivity index (χ4n) is 3.36. The van der Waals surface area contributed by atoms with Crippen LogP contribution >= 0.6 is 7.60 Å². The standard InChI is InChI=1S/C17H24N3O3P/c1-12-3-4-15-16(11-12)18-13(2)19-17(15)20-8-5-14(6-9-20)7-10-24(21,22)23/h3-4,11,14H,5-10H2,1-2H3,(H2,21,22,23). The lowest BCUT2D eigenvalue weighted by Gasteiger charge is -2.33. The minimum Gasteiger partial charge on any atom is -0.356 e. The maximum Gasteiger partial charge on any atom is 0.325 e. The van der Waals surface area contributed by atoms with Crippen molar-refractivity contribution in [2.45, 2.75) is 33.1 Å². The molecule has 2 N–H and O–H groups in total. The van der Waals surface area contributed by atoms with Crippen LogP contribution in [-0.4, -0.2) is 39.0 Å². The summed E-state index contributed by atoms with van der Waals surface area (Å²) in [4.78, 5) is 29.5. The first-order valence-electron chi connectivity index (χ1n) is 8.36. The quantitative estimate of drug-likeness (QED) is 0.825. The molecule has 7 heteroatoms. The number of benzene rings is 1. The smallest absolute Gasteiger partial charge is 0.325 e. The minimum atomic E-state index is -3.88. The summed E-state index contributed by atoms with van der Waals surface area (Å²) in [5.41, 5.74) is 2.16. The van der Waals surface area contributed by atoms with Crippen LogP contribution in [0, 0.1) is 19.8 Å². The minimum absolute atomic E-state index is 0.00745. The van der Waals surface area contributed by atoms with Gasteiger partial charge >= 0.3 is 7.60 Å². The van der Waals surface area contributed by atoms with Crippen molar-refractivity contribution in [1.29, 1.82) is 0 Å². The second kappa shape index (κ2) is 6.79. The number of fused-ring (bicyclic) bond motifs is 1. The van der Waals surface area contributed by atoms with E-state index in [0.29, 0.717) is 12.3 Å². The Morgan fingerprint density at radius 1 is 1.21 bits per heavy atom. The molecule has 0 bridgehead atoms. The highest BCUT2D eigenvalue weighted by atomic mass is 31.2. The van der Waals surface area contributed by atoms with Gasteiger partial charge in [0.25, 0.3) is 0 Å². The Hall–Kier alpha value is -1.49. The molecular weight excluding hydrogens is 325 g/mol. The summed E-state index contributed by atoms with van der Waals surface area (Å²) in [6.07, 6.45) is 2.47. The van der Waals surface area contributed by atoms with E-state index in [1.165, 1.54) is 5.56 Å². The van der Waals surface area contributed by atoms with Crippen molar-refractivity contribution in [1.82, 2.24) is 9.97 Å². The van der Waals surface area contributed by atoms with E-state index < -0.39 is 7.60 Å². The Bertz CT molecular complexity index is 777. The SMILES string of the molecule is Cc1ccc2c(N3CCC(CCP(=O)(O)O)CC3)nc(C)nc2c1. The third kappa shape index (κ3) is 4.12. The van der Waals surface area contributed by atoms with Crippen molar-refractivity contribution < 1.29 is 14.4 Å². The summed E-state index contributed by atoms with van der Waals surface area (Å²) < 4.78 is 11.0. The van der Waals surface area contributed by atoms with Crippen LogP contribution in [-0.2, 0) is 4.57 Å². The lowest BCUT2D eigenvalue weighted by Crippen LogP contribution is -2.34. The summed E-state index contributed by atoms with van der Waals surface area (Å²) >= 11 is 0. The van der Waals surface area contributed by atoms with Gasteiger partial charge in [-0.15, -0.1) is 0 Å². The number of nitrogens with zero attached hydrogens (tertiary/aromatic N) is 3. The zero-order chi connectivity index (χ0) is 17.3. The maximum atomic E-state index is 11.0. The molecule has 24 heavy (non-hydrogen) atoms. The molecule has 3 rings (SSSR count). The van der Waals surface area contributed by atoms with E-state index in [4.69, 9.17) is 9.79 Å². The van der Waals surface area contributed by atoms with Crippen molar-refractivity contribution in [2.24, 2.45) is 5.92 Å². The second-order valence-electron chi connectivity index (χ2n) is 6.72. The first kappa shape index (κ1) is 17.3. The summed E-state index contributed by atoms with van der Waals surface area (Å²) in [6, 6.07) is 6.25. The number of hydrogen-bond acceptors (Lipinski definition) is 4. The number of anilines is 1. The zero-order valence-corrected chi connectivity index (χ0v) is 15.0. The molecule has 1 aromatic carbocycles. The number of aryl methyl sites for hydroxylation is 2. The normalized spacial score (nSPS) is 16.8. The Balaban J connectivity index is 1.75. The van der Waals surface area contributed by atoms with E-state index in [1.807, 2.05) is 6.92 Å². The van der Waals surface area contributed by atoms with Gasteiger partial charge in [-0.2, -0.15) is 0 Å². The maximum absolute atomic E-state index is 11.0. The van der Waals surface area contributed by atoms with Gasteiger partial charge in [0.15, 0.2) is 0 Å². The molecule has 1 aliphatic rings. The molecule has 1 saturated heterocycles. The van der Waals surface area contributed by atoms with Gasteiger partial charge in [-0.25, -0.2) is 9.97 Å². The van der Waals surface area contributed by atoms with Crippen LogP contribution in [0.15, 0.2) is 18.2 Å². The summed E-state index contributed by atoms with van der Waals surface area (Å²) in [5, 5.41) is 1.07. The van der Waals surface area contributed by atoms with Gasteiger partial charge in [0.1, 0.15) is 11.6 Å². The van der Waals surface area contributed by atoms with E-state index in [-0.39, 0.29) is 6.16 Å². The molecule has 0 radical (unpaired) electrons. The van der Waals surface area contributed by atoms with Gasteiger partial charge in [0.05, 0.1) is 11.7 Å². The van der Waals surface area contributed by atoms with Crippen molar-refractivity contribution in [3.8, 4) is 0 Å². The second-order valence-corrected chi connectivity index (χ2v) is 8.50. The van der Waals surface area contributed by atoms with Gasteiger partial charge in [-0.1, -0.05) is 6.07 Å². The van der Waals surface area contributed by atoms with Crippen LogP contribution in [0.1, 0.15) is 30.7 Å². The highest BCUT2D eigenvalue weighted by Crippen LogP contribution is 2.38. The molecule has 0 amide bonds. The summed E-state index contributed by atoms with van der Waals surface area (Å²) in [5.74, 6) is 2.13. The summed E-state index contributed by atoms with van der Waals surface area (Å²) in [6.45, 7) is 5.71. The van der Waals surface area contributed by atoms with E-state index in [2.05, 4.69) is 40.0 Å². The van der Waals surface area contributed by atoms with Crippen LogP contribution in [0.25, 0.3) is 10.9 Å². The highest BCUT2D eigenvalue weighted by Gasteiger charge is 2.24. The van der Waals surface area contributed by atoms with Crippen molar-refractivity contribution >= 4 is 24.3 Å². The average molecular weight is 349 g/mol. The Morgan fingerprint density at radius 3 is 2.58 bits per heavy atom. The monoisotopic (exact) mass is 349 g/mol. The Kier molecular flexibility index (Phi) is 4.90. The lowest BCUT2D eigenvalue weighted by atomic mass is 9.94. The predicted octanol–water partition coefficient (Wildman–Crippen LogP) is 3.03. The fraction of sp³-hybridized carbons (Fsp3) is 0.529. The van der Waals surface area contributed by atoms with E-state index in [9.17, 15) is 4.57 Å². The van der Waals surface area contributed by atoms with Crippen LogP contribution in [0.3, 0.4) is 0 Å². The molecule has 6 nitrogen and oxygen atoms in total. The van der Waals surface area contributed by atoms with Crippen molar-refractivity contribution in [2.75, 3.05) is 24.2 Å². The zero-order valence-electron chi connectivity index (χ0n) is 14.1. The van der Waals surface area contributed by atoms with Crippen molar-refractivity contribution in [3.63, 3.8) is 0 Å². The van der Waals surface area contributed by atoms with Gasteiger partial charge in [0, 0.05) is 18.5 Å². The molecule has 1 fully saturated rings. The summed E-state index contributed by atoms with van der Waals surface area (Å²) in [7, 11) is -3.88. The molecule has 130 valence electrons. The third-order valence-corrected chi connectivity index (χ3v) is 5.53. The van der Waals surface area contributed by atoms with E-state index in [0.717, 1.165) is 48.5 Å². The van der Waals surface area contributed by atoms with Crippen LogP contribution in [0.2, 0.25) is 0 Å². The van der Waals surface area contributed by atoms with Gasteiger partial charge in [0.2, 0.25) is 0 Å². The topological polar surface area (TPSA) is 86.6 Å². The van der Waals surface area contributed by atoms with E-state index >= 15 is 0 Å². The molecule has 0 saturated carbocycles. The first-order chi connectivity index (χ1) is 11.3. The average Bonchev–Trinajstić information content (AvgIpc) is 2.51. The van der Waals surface area contributed by atoms with Crippen LogP contribution in [0.4, 0.5) is 5.82 Å². The lowest BCUT2D eigenvalue weighted by molar-refractivity contribution is 0.350. The molecular formula is C17H24N3O3P. The third-order valence-electron chi connectivity index (χ3n) is 4.69. The largest absolute Gasteiger partial charge is 0.356 e. The molecule has 1 aliphatic heterocycles. The molecule has 0 aliphatic carbocycles. The predicted molar refractivity (Wildman–Crippen MR) is 95.5 cm³/mol. The molecule has 0 unspecified atom stereocenters. The number of rotatable bonds is 4. The van der Waals surface area contributed by atoms with Gasteiger partial charge < -0.3 is 14.7 Å². The molecule has 1 aromatic heterocycles. The van der Waals surface area contributed by atoms with E-state index in [1.54, 1.807) is 0 Å². The van der Waals surface area contributed by atoms with Gasteiger partial charge in [-0.3, -0.25) is 4.57 Å². The fourth-order valence-corrected chi connectivity index (χ4v) is 4.06. The van der Waals surface area contributed by atoms with Crippen molar-refractivity contribution in [3.05, 3.63) is 29.6 Å². The number of hydrogen-bond donors (Lipinski definition) is 2. The molecule has 0 atom stereocenters. The Morgan fingerprint density at radius 2 is 1.92 bits per heavy atom. The number of aromatic nitrogens is 2. The molecule has 2 heterocycles. The molecule has 0 spiro atoms. The highest BCUT2D eigenvalue weighted by molar-refractivity contribution is 7.51. The Labute approximate surface area is 142 Å². The number of piperidine rings is 1. The van der Waals surface area contributed by atoms with Gasteiger partial charge in [-0.05, 0) is 56.7 Å². The first-order valence-corrected chi connectivity index (χ1v) is 10.2. The van der Waals surface area contributed by atoms with Crippen LogP contribution in [0.5, 0.6) is 0 Å². The van der Waals surface area contributed by atoms with Crippen LogP contribution < -0.4 is 4.90 Å². The molecule has 2 aromatic rings.